The lowest BCUT2D eigenvalue weighted by molar-refractivity contribution is 0.661. The Bertz CT molecular complexity index is 5460. The van der Waals surface area contributed by atoms with Gasteiger partial charge in [-0.1, -0.05) is 228 Å². The highest BCUT2D eigenvalue weighted by molar-refractivity contribution is 8.32. The van der Waals surface area contributed by atoms with E-state index in [1.165, 1.54) is 136 Å². The molecule has 0 fully saturated rings. The second-order valence-corrected chi connectivity index (χ2v) is 30.9. The lowest BCUT2D eigenvalue weighted by Crippen LogP contribution is -2.15. The maximum Gasteiger partial charge on any atom is 0.0540 e. The standard InChI is InChI=1S/C87H68N2S/c1-86(2)76-49-37-57-23-13-17-31-68(57)84(76)72-45-35-59(51-78(72)86)82-71-48-42-64(89(62-39-43-65(44-40-62)90(5,6)7)81-34-20-26-56-22-12-16-30-67(56)81)54-75(71)83(60-36-46-73-79(52-60)87(3,4)77-50-38-58-24-14-18-32-69(58)85(73)77)70-47-41-63(53-74(70)82)88(61-27-9-8-10-28-61)80-33-19-25-55-21-11-15-29-66(55)80/h8-54H,1-7H3. The molecular formula is C87H68N2S. The number of nitrogens with zero attached hydrogens (tertiary/aromatic N) is 2. The Balaban J connectivity index is 0.996. The Morgan fingerprint density at radius 1 is 0.256 bits per heavy atom. The first kappa shape index (κ1) is 54.0. The smallest absolute Gasteiger partial charge is 0.0540 e. The van der Waals surface area contributed by atoms with Crippen LogP contribution >= 0.6 is 10.0 Å². The van der Waals surface area contributed by atoms with Crippen LogP contribution in [-0.4, -0.2) is 18.8 Å². The molecule has 432 valence electrons. The maximum atomic E-state index is 2.56. The Labute approximate surface area is 529 Å². The van der Waals surface area contributed by atoms with Gasteiger partial charge in [-0.15, -0.1) is 0 Å². The molecule has 90 heavy (non-hydrogen) atoms. The second kappa shape index (κ2) is 20.2. The van der Waals surface area contributed by atoms with E-state index in [4.69, 9.17) is 0 Å². The zero-order chi connectivity index (χ0) is 60.8. The molecule has 0 atom stereocenters. The first-order valence-corrected chi connectivity index (χ1v) is 34.4. The summed E-state index contributed by atoms with van der Waals surface area (Å²) in [6.45, 7) is 9.71. The van der Waals surface area contributed by atoms with E-state index in [0.717, 1.165) is 34.1 Å². The van der Waals surface area contributed by atoms with Crippen LogP contribution in [0, 0.1) is 0 Å². The topological polar surface area (TPSA) is 6.48 Å². The van der Waals surface area contributed by atoms with Gasteiger partial charge in [0.25, 0.3) is 0 Å². The highest BCUT2D eigenvalue weighted by atomic mass is 32.3. The van der Waals surface area contributed by atoms with E-state index in [2.05, 4.69) is 341 Å². The predicted octanol–water partition coefficient (Wildman–Crippen LogP) is 24.5. The molecule has 0 N–H and O–H groups in total. The predicted molar refractivity (Wildman–Crippen MR) is 390 cm³/mol. The van der Waals surface area contributed by atoms with Gasteiger partial charge in [0.05, 0.1) is 11.4 Å². The average Bonchev–Trinajstić information content (AvgIpc) is 1.47. The largest absolute Gasteiger partial charge is 0.310 e. The molecule has 15 aromatic carbocycles. The number of rotatable bonds is 9. The molecule has 0 aromatic heterocycles. The van der Waals surface area contributed by atoms with Crippen LogP contribution < -0.4 is 9.80 Å². The zero-order valence-electron chi connectivity index (χ0n) is 51.9. The number of para-hydroxylation sites is 1. The summed E-state index contributed by atoms with van der Waals surface area (Å²) in [7, 11) is -0.976. The molecule has 0 spiro atoms. The molecular weight excluding hydrogens is 1110 g/mol. The van der Waals surface area contributed by atoms with Gasteiger partial charge in [0.1, 0.15) is 0 Å². The fourth-order valence-corrected chi connectivity index (χ4v) is 16.6. The minimum absolute atomic E-state index is 0.254. The molecule has 2 aliphatic rings. The van der Waals surface area contributed by atoms with E-state index < -0.39 is 10.0 Å². The molecule has 0 radical (unpaired) electrons. The lowest BCUT2D eigenvalue weighted by Gasteiger charge is -2.30. The number of hydrogen-bond donors (Lipinski definition) is 0. The van der Waals surface area contributed by atoms with Gasteiger partial charge in [0.15, 0.2) is 0 Å². The van der Waals surface area contributed by atoms with Gasteiger partial charge in [-0.2, -0.15) is 0 Å². The molecule has 15 aromatic rings. The van der Waals surface area contributed by atoms with Gasteiger partial charge >= 0.3 is 0 Å². The van der Waals surface area contributed by atoms with Crippen molar-refractivity contribution in [2.24, 2.45) is 0 Å². The summed E-state index contributed by atoms with van der Waals surface area (Å²) in [5, 5.41) is 14.8. The van der Waals surface area contributed by atoms with Crippen molar-refractivity contribution in [1.82, 2.24) is 0 Å². The van der Waals surface area contributed by atoms with Crippen molar-refractivity contribution in [1.29, 1.82) is 0 Å². The number of benzene rings is 15. The Morgan fingerprint density at radius 3 is 1.08 bits per heavy atom. The summed E-state index contributed by atoms with van der Waals surface area (Å²) in [5.74, 6) is 0. The molecule has 0 aliphatic heterocycles. The molecule has 0 saturated heterocycles. The van der Waals surface area contributed by atoms with Crippen LogP contribution in [0.15, 0.2) is 290 Å². The fraction of sp³-hybridized carbons (Fsp3) is 0.103. The summed E-state index contributed by atoms with van der Waals surface area (Å²) in [6, 6.07) is 108. The zero-order valence-corrected chi connectivity index (χ0v) is 52.8. The van der Waals surface area contributed by atoms with Gasteiger partial charge < -0.3 is 9.80 Å². The quantitative estimate of drug-likeness (QED) is 0.133. The van der Waals surface area contributed by atoms with Gasteiger partial charge in [-0.05, 0) is 229 Å². The fourth-order valence-electron chi connectivity index (χ4n) is 15.7. The van der Waals surface area contributed by atoms with Crippen LogP contribution in [0.5, 0.6) is 0 Å². The third-order valence-electron chi connectivity index (χ3n) is 20.1. The molecule has 0 amide bonds. The number of fused-ring (bicyclic) bond motifs is 14. The first-order chi connectivity index (χ1) is 43.8. The van der Waals surface area contributed by atoms with Crippen LogP contribution in [0.3, 0.4) is 0 Å². The van der Waals surface area contributed by atoms with Gasteiger partial charge in [0, 0.05) is 44.4 Å². The van der Waals surface area contributed by atoms with Gasteiger partial charge in [-0.25, -0.2) is 10.0 Å². The van der Waals surface area contributed by atoms with Gasteiger partial charge in [-0.3, -0.25) is 0 Å². The number of hydrogen-bond acceptors (Lipinski definition) is 2. The maximum absolute atomic E-state index is 2.56. The van der Waals surface area contributed by atoms with Crippen molar-refractivity contribution in [2.45, 2.75) is 43.4 Å². The monoisotopic (exact) mass is 1170 g/mol. The molecule has 0 heterocycles. The summed E-state index contributed by atoms with van der Waals surface area (Å²) in [5.41, 5.74) is 21.8. The van der Waals surface area contributed by atoms with E-state index >= 15 is 0 Å². The van der Waals surface area contributed by atoms with Crippen LogP contribution in [0.2, 0.25) is 0 Å². The average molecular weight is 1170 g/mol. The van der Waals surface area contributed by atoms with E-state index in [1.54, 1.807) is 0 Å². The molecule has 2 nitrogen and oxygen atoms in total. The first-order valence-electron chi connectivity index (χ1n) is 31.6. The normalized spacial score (nSPS) is 13.9. The van der Waals surface area contributed by atoms with E-state index in [-0.39, 0.29) is 10.8 Å². The Kier molecular flexibility index (Phi) is 12.1. The third-order valence-corrected chi connectivity index (χ3v) is 21.8. The van der Waals surface area contributed by atoms with Crippen molar-refractivity contribution < 1.29 is 0 Å². The van der Waals surface area contributed by atoms with Gasteiger partial charge in [0.2, 0.25) is 0 Å². The Hall–Kier alpha value is -10.2. The van der Waals surface area contributed by atoms with Crippen molar-refractivity contribution in [2.75, 3.05) is 28.6 Å². The van der Waals surface area contributed by atoms with Crippen molar-refractivity contribution in [3.63, 3.8) is 0 Å². The molecule has 17 rings (SSSR count). The van der Waals surface area contributed by atoms with Crippen molar-refractivity contribution >= 4 is 109 Å². The third kappa shape index (κ3) is 8.26. The minimum Gasteiger partial charge on any atom is -0.310 e. The summed E-state index contributed by atoms with van der Waals surface area (Å²) < 4.78 is 0. The molecule has 0 bridgehead atoms. The number of anilines is 6. The second-order valence-electron chi connectivity index (χ2n) is 26.7. The molecule has 2 aliphatic carbocycles. The van der Waals surface area contributed by atoms with E-state index in [9.17, 15) is 0 Å². The Morgan fingerprint density at radius 2 is 0.633 bits per heavy atom. The minimum atomic E-state index is -0.976. The molecule has 0 unspecified atom stereocenters. The van der Waals surface area contributed by atoms with Crippen LogP contribution in [0.1, 0.15) is 49.9 Å². The summed E-state index contributed by atoms with van der Waals surface area (Å²) in [6.07, 6.45) is 7.15. The highest BCUT2D eigenvalue weighted by Gasteiger charge is 2.39. The van der Waals surface area contributed by atoms with Crippen molar-refractivity contribution in [3.05, 3.63) is 307 Å². The van der Waals surface area contributed by atoms with Crippen LogP contribution in [0.4, 0.5) is 34.1 Å². The summed E-state index contributed by atoms with van der Waals surface area (Å²) >= 11 is 0. The molecule has 3 heteroatoms. The van der Waals surface area contributed by atoms with Crippen molar-refractivity contribution in [3.8, 4) is 44.5 Å². The lowest BCUT2D eigenvalue weighted by atomic mass is 9.79. The summed E-state index contributed by atoms with van der Waals surface area (Å²) in [4.78, 5) is 6.37. The van der Waals surface area contributed by atoms with E-state index in [0.29, 0.717) is 0 Å². The van der Waals surface area contributed by atoms with Crippen LogP contribution in [-0.2, 0) is 10.8 Å². The SMILES string of the molecule is CC1(C)c2cc(-c3c4ccc(N(c5ccc(S(C)(C)C)cc5)c5cccc6ccccc56)cc4c(-c4ccc5c(c4)C(C)(C)c4ccc6ccccc6c4-5)c4ccc(N(c5ccccc5)c5cccc6ccccc56)cc34)ccc2-c2c1ccc1ccccc21. The van der Waals surface area contributed by atoms with Crippen LogP contribution in [0.25, 0.3) is 109 Å². The highest BCUT2D eigenvalue weighted by Crippen LogP contribution is 2.57. The molecule has 0 saturated carbocycles. The van der Waals surface area contributed by atoms with E-state index in [1.807, 2.05) is 0 Å².